The summed E-state index contributed by atoms with van der Waals surface area (Å²) in [6.45, 7) is 39.4. The molecule has 2 fully saturated rings. The van der Waals surface area contributed by atoms with E-state index < -0.39 is 10.8 Å². The van der Waals surface area contributed by atoms with Gasteiger partial charge in [-0.15, -0.1) is 0 Å². The molecule has 13 rings (SSSR count). The summed E-state index contributed by atoms with van der Waals surface area (Å²) in [5, 5.41) is 0. The van der Waals surface area contributed by atoms with Crippen molar-refractivity contribution in [3.63, 3.8) is 0 Å². The molecule has 0 N–H and O–H groups in total. The lowest BCUT2D eigenvalue weighted by atomic mass is 9.50. The van der Waals surface area contributed by atoms with Crippen LogP contribution in [0.2, 0.25) is 0 Å². The third-order valence-corrected chi connectivity index (χ3v) is 27.8. The maximum atomic E-state index is 13.5. The standard InChI is InChI=1S/C114H144N2O10/c1-77(2)51-61-121-101-71-88(36-38-90-74-106(126-66-56-82(11)12)92(76-104(90)124-64-54-80(7)8)68-84-33-43-96(44-34-84)116(94-29-23-20-24-30-94)98-46-48-100-86(70-98)40-50-108-112(100,14)58-26-60-114(108,16)110(118)120-18)102(122-62-52-78(3)4)72-87(101)35-37-89-73-105(125-65-55-81(9)10)91(75-103(89)123-63-53-79(5)6)67-83-31-41-95(42-32-83)115(93-27-21-19-22-28-93)97-45-47-99-85(69-97)39-49-107-111(99,13)57-25-59-113(107,15)109(117)119-17/h19-24,27-38,41-48,69-82,107-108H,25-26,39-40,49-68H2,1-18H3/b37-35+,38-36+/t107?,108?,111-,112-,113-,114-/m1/s1. The van der Waals surface area contributed by atoms with Gasteiger partial charge in [-0.2, -0.15) is 0 Å². The first-order valence-corrected chi connectivity index (χ1v) is 47.5. The first kappa shape index (κ1) is 93.4. The average molecular weight is 1700 g/mol. The number of aryl methyl sites for hydroxylation is 2. The van der Waals surface area contributed by atoms with Gasteiger partial charge >= 0.3 is 11.9 Å². The first-order chi connectivity index (χ1) is 60.6. The zero-order chi connectivity index (χ0) is 89.5. The fourth-order valence-corrected chi connectivity index (χ4v) is 20.4. The van der Waals surface area contributed by atoms with Crippen molar-refractivity contribution in [2.45, 2.75) is 237 Å². The zero-order valence-electron chi connectivity index (χ0n) is 79.2. The van der Waals surface area contributed by atoms with Gasteiger partial charge in [0.2, 0.25) is 0 Å². The number of benzene rings is 9. The lowest BCUT2D eigenvalue weighted by Crippen LogP contribution is -2.52. The van der Waals surface area contributed by atoms with E-state index in [4.69, 9.17) is 37.9 Å². The van der Waals surface area contributed by atoms with E-state index in [0.717, 1.165) is 216 Å². The van der Waals surface area contributed by atoms with E-state index in [2.05, 4.69) is 327 Å². The molecule has 2 unspecified atom stereocenters. The van der Waals surface area contributed by atoms with Crippen molar-refractivity contribution in [1.29, 1.82) is 0 Å². The molecule has 0 aromatic heterocycles. The number of carbonyl (C=O) groups excluding carboxylic acids is 2. The van der Waals surface area contributed by atoms with Crippen LogP contribution in [0, 0.1) is 58.2 Å². The summed E-state index contributed by atoms with van der Waals surface area (Å²) in [7, 11) is 3.09. The van der Waals surface area contributed by atoms with Crippen LogP contribution in [0.1, 0.15) is 267 Å². The molecule has 9 aromatic rings. The summed E-state index contributed by atoms with van der Waals surface area (Å²) in [4.78, 5) is 31.7. The largest absolute Gasteiger partial charge is 0.493 e. The van der Waals surface area contributed by atoms with E-state index in [1.165, 1.54) is 22.3 Å². The Morgan fingerprint density at radius 1 is 0.341 bits per heavy atom. The number of carbonyl (C=O) groups is 2. The van der Waals surface area contributed by atoms with E-state index in [-0.39, 0.29) is 34.6 Å². The van der Waals surface area contributed by atoms with E-state index in [1.54, 1.807) is 14.2 Å². The molecule has 9 aromatic carbocycles. The molecule has 0 radical (unpaired) electrons. The lowest BCUT2D eigenvalue weighted by molar-refractivity contribution is -0.162. The highest BCUT2D eigenvalue weighted by Gasteiger charge is 2.57. The minimum absolute atomic E-state index is 0.0761. The molecule has 0 saturated heterocycles. The summed E-state index contributed by atoms with van der Waals surface area (Å²) < 4.78 is 52.7. The number of fused-ring (bicyclic) bond motifs is 6. The van der Waals surface area contributed by atoms with Gasteiger partial charge in [0.05, 0.1) is 64.7 Å². The van der Waals surface area contributed by atoms with Gasteiger partial charge in [-0.3, -0.25) is 9.59 Å². The number of anilines is 6. The van der Waals surface area contributed by atoms with Gasteiger partial charge in [-0.25, -0.2) is 0 Å². The van der Waals surface area contributed by atoms with Crippen LogP contribution in [0.4, 0.5) is 34.1 Å². The van der Waals surface area contributed by atoms with Crippen LogP contribution in [0.15, 0.2) is 182 Å². The topological polar surface area (TPSA) is 114 Å². The highest BCUT2D eigenvalue weighted by atomic mass is 16.5. The molecule has 4 aliphatic carbocycles. The van der Waals surface area contributed by atoms with Crippen LogP contribution < -0.4 is 38.2 Å². The monoisotopic (exact) mass is 1700 g/mol. The number of methoxy groups -OCH3 is 2. The van der Waals surface area contributed by atoms with Gasteiger partial charge < -0.3 is 47.7 Å². The van der Waals surface area contributed by atoms with Gasteiger partial charge in [0, 0.05) is 80.3 Å². The molecule has 0 heterocycles. The second-order valence-electron chi connectivity index (χ2n) is 40.0. The average Bonchev–Trinajstić information content (AvgIpc) is 0.723. The smallest absolute Gasteiger partial charge is 0.311 e. The fraction of sp³-hybridized carbons (Fsp3) is 0.474. The first-order valence-electron chi connectivity index (χ1n) is 47.5. The highest BCUT2D eigenvalue weighted by molar-refractivity contribution is 5.84. The number of rotatable bonds is 40. The maximum Gasteiger partial charge on any atom is 0.311 e. The van der Waals surface area contributed by atoms with Crippen molar-refractivity contribution in [3.05, 3.63) is 249 Å². The predicted molar refractivity (Wildman–Crippen MR) is 521 cm³/mol. The van der Waals surface area contributed by atoms with Crippen LogP contribution in [-0.4, -0.2) is 65.8 Å². The number of para-hydroxylation sites is 2. The summed E-state index contributed by atoms with van der Waals surface area (Å²) >= 11 is 0. The second kappa shape index (κ2) is 42.2. The van der Waals surface area contributed by atoms with Crippen LogP contribution in [0.25, 0.3) is 24.3 Å². The minimum Gasteiger partial charge on any atom is -0.493 e. The Bertz CT molecular complexity index is 4860. The molecule has 126 heavy (non-hydrogen) atoms. The number of hydrogen-bond donors (Lipinski definition) is 0. The van der Waals surface area contributed by atoms with Crippen LogP contribution in [0.5, 0.6) is 34.5 Å². The Morgan fingerprint density at radius 3 is 0.921 bits per heavy atom. The fourth-order valence-electron chi connectivity index (χ4n) is 20.4. The van der Waals surface area contributed by atoms with E-state index >= 15 is 0 Å². The van der Waals surface area contributed by atoms with Crippen molar-refractivity contribution in [2.24, 2.45) is 58.2 Å². The van der Waals surface area contributed by atoms with E-state index in [1.807, 2.05) is 0 Å². The molecule has 0 amide bonds. The third-order valence-electron chi connectivity index (χ3n) is 27.8. The second-order valence-corrected chi connectivity index (χ2v) is 40.0. The number of ether oxygens (including phenoxy) is 8. The van der Waals surface area contributed by atoms with Crippen LogP contribution in [-0.2, 0) is 55.6 Å². The number of esters is 2. The molecule has 670 valence electrons. The summed E-state index contributed by atoms with van der Waals surface area (Å²) in [6.07, 6.45) is 24.9. The Labute approximate surface area is 755 Å². The predicted octanol–water partition coefficient (Wildman–Crippen LogP) is 29.1. The van der Waals surface area contributed by atoms with Gasteiger partial charge in [0.1, 0.15) is 34.5 Å². The van der Waals surface area contributed by atoms with Crippen molar-refractivity contribution in [2.75, 3.05) is 63.7 Å². The normalized spacial score (nSPS) is 19.7. The summed E-state index contributed by atoms with van der Waals surface area (Å²) in [5.41, 5.74) is 18.8. The highest BCUT2D eigenvalue weighted by Crippen LogP contribution is 2.60. The maximum absolute atomic E-state index is 13.5. The summed E-state index contributed by atoms with van der Waals surface area (Å²) in [6, 6.07) is 66.7. The molecular formula is C114H144N2O10. The van der Waals surface area contributed by atoms with Crippen molar-refractivity contribution in [3.8, 4) is 34.5 Å². The molecule has 0 aliphatic heterocycles. The number of nitrogens with zero attached hydrogens (tertiary/aromatic N) is 2. The van der Waals surface area contributed by atoms with Gasteiger partial charge in [-0.1, -0.05) is 207 Å². The van der Waals surface area contributed by atoms with Gasteiger partial charge in [0.15, 0.2) is 0 Å². The Balaban J connectivity index is 0.825. The summed E-state index contributed by atoms with van der Waals surface area (Å²) in [5.74, 6) is 7.72. The molecule has 0 spiro atoms. The molecule has 12 nitrogen and oxygen atoms in total. The molecule has 2 saturated carbocycles. The Hall–Kier alpha value is -10.2. The molecular weight excluding hydrogens is 1560 g/mol. The third kappa shape index (κ3) is 22.1. The quantitative estimate of drug-likeness (QED) is 0.0269. The van der Waals surface area contributed by atoms with E-state index in [9.17, 15) is 9.59 Å². The van der Waals surface area contributed by atoms with Crippen molar-refractivity contribution < 1.29 is 47.5 Å². The van der Waals surface area contributed by atoms with Crippen molar-refractivity contribution >= 4 is 70.4 Å². The lowest BCUT2D eigenvalue weighted by Gasteiger charge is -2.54. The molecule has 12 heteroatoms. The molecule has 0 bridgehead atoms. The van der Waals surface area contributed by atoms with Gasteiger partial charge in [0.25, 0.3) is 0 Å². The van der Waals surface area contributed by atoms with Gasteiger partial charge in [-0.05, 0) is 304 Å². The Morgan fingerprint density at radius 2 is 0.619 bits per heavy atom. The SMILES string of the molecule is COC(=O)[C@]1(C)CCC[C@]2(C)c3ccc(N(c4ccccc4)c4ccc(Cc5cc(OCCC(C)C)c(/C=C/c6cc(OCCC(C)C)c(/C=C/c7cc(OCCC(C)C)c(Cc8ccc(N(c9ccccc9)c9ccc%10c(c9)CCC9[C@](C)(C(=O)OC)CCC[C@]%109C)cc8)cc7OCCC(C)C)cc6OCCC(C)C)cc5OCCC(C)C)cc4)cc3CCC12. The Kier molecular flexibility index (Phi) is 31.3. The molecule has 4 aliphatic rings. The van der Waals surface area contributed by atoms with E-state index in [0.29, 0.717) is 88.0 Å². The number of hydrogen-bond acceptors (Lipinski definition) is 12. The zero-order valence-corrected chi connectivity index (χ0v) is 79.2. The minimum atomic E-state index is -0.503. The van der Waals surface area contributed by atoms with Crippen LogP contribution in [0.3, 0.4) is 0 Å². The van der Waals surface area contributed by atoms with Crippen molar-refractivity contribution in [1.82, 2.24) is 0 Å². The van der Waals surface area contributed by atoms with Crippen LogP contribution >= 0.6 is 0 Å². The molecule has 6 atom stereocenters.